The molecule has 3 aromatic heterocycles. The molecular formula is C33H24ClN5O3S2. The van der Waals surface area contributed by atoms with Crippen LogP contribution in [0, 0.1) is 13.8 Å². The summed E-state index contributed by atoms with van der Waals surface area (Å²) in [5, 5.41) is 23.4. The van der Waals surface area contributed by atoms with E-state index in [0.29, 0.717) is 32.0 Å². The lowest BCUT2D eigenvalue weighted by molar-refractivity contribution is -0.132. The highest BCUT2D eigenvalue weighted by Crippen LogP contribution is 2.44. The van der Waals surface area contributed by atoms with Crippen molar-refractivity contribution in [1.29, 1.82) is 0 Å². The topological polar surface area (TPSA) is 101 Å². The van der Waals surface area contributed by atoms with E-state index in [9.17, 15) is 14.7 Å². The number of thioether (sulfide) groups is 1. The van der Waals surface area contributed by atoms with Gasteiger partial charge in [-0.15, -0.1) is 10.2 Å². The van der Waals surface area contributed by atoms with Crippen molar-refractivity contribution in [3.8, 4) is 0 Å². The number of aromatic nitrogens is 4. The number of rotatable bonds is 6. The maximum atomic E-state index is 13.7. The van der Waals surface area contributed by atoms with Crippen LogP contribution < -0.4 is 4.90 Å². The van der Waals surface area contributed by atoms with Gasteiger partial charge in [0.25, 0.3) is 5.78 Å². The molecule has 0 aliphatic carbocycles. The Balaban J connectivity index is 1.29. The third kappa shape index (κ3) is 4.75. The summed E-state index contributed by atoms with van der Waals surface area (Å²) < 4.78 is 2.50. The first-order valence-electron chi connectivity index (χ1n) is 13.8. The van der Waals surface area contributed by atoms with Crippen LogP contribution in [0.1, 0.15) is 34.1 Å². The summed E-state index contributed by atoms with van der Waals surface area (Å²) in [6.07, 6.45) is 1.84. The van der Waals surface area contributed by atoms with Gasteiger partial charge in [-0.1, -0.05) is 95.4 Å². The number of aliphatic hydroxyl groups excluding tert-OH is 1. The Bertz CT molecular complexity index is 2130. The number of benzene rings is 3. The molecule has 0 bridgehead atoms. The highest BCUT2D eigenvalue weighted by Gasteiger charge is 2.48. The average molecular weight is 638 g/mol. The third-order valence-corrected chi connectivity index (χ3v) is 10.1. The van der Waals surface area contributed by atoms with Crippen molar-refractivity contribution >= 4 is 73.7 Å². The highest BCUT2D eigenvalue weighted by molar-refractivity contribution is 8.00. The molecule has 3 aromatic carbocycles. The van der Waals surface area contributed by atoms with Gasteiger partial charge in [0.2, 0.25) is 5.13 Å². The van der Waals surface area contributed by atoms with Gasteiger partial charge in [0, 0.05) is 17.0 Å². The van der Waals surface area contributed by atoms with Crippen LogP contribution in [0.4, 0.5) is 5.13 Å². The molecule has 7 rings (SSSR count). The molecule has 1 aliphatic heterocycles. The molecule has 11 heteroatoms. The van der Waals surface area contributed by atoms with Crippen molar-refractivity contribution in [2.45, 2.75) is 30.0 Å². The Morgan fingerprint density at radius 3 is 2.55 bits per heavy atom. The van der Waals surface area contributed by atoms with Crippen LogP contribution in [-0.2, 0) is 15.3 Å². The molecule has 1 unspecified atom stereocenters. The second kappa shape index (κ2) is 11.2. The molecule has 1 atom stereocenters. The molecule has 1 fully saturated rings. The Hall–Kier alpha value is -4.51. The van der Waals surface area contributed by atoms with Crippen LogP contribution in [0.3, 0.4) is 0 Å². The van der Waals surface area contributed by atoms with Gasteiger partial charge < -0.3 is 9.51 Å². The van der Waals surface area contributed by atoms with Crippen molar-refractivity contribution in [2.75, 3.05) is 4.90 Å². The Kier molecular flexibility index (Phi) is 7.20. The third-order valence-electron chi connectivity index (χ3n) is 7.77. The SMILES string of the molecule is Cc1cccn2c(C)c(C(O)=C3C(=O)C(=O)N(c4nnc(SCc5cccc6ccccc56)s4)C3c3ccc(Cl)cc3)nc12. The first-order chi connectivity index (χ1) is 21.3. The number of carbonyl (C=O) groups is 2. The summed E-state index contributed by atoms with van der Waals surface area (Å²) in [4.78, 5) is 33.3. The first-order valence-corrected chi connectivity index (χ1v) is 15.9. The lowest BCUT2D eigenvalue weighted by Crippen LogP contribution is -2.29. The molecule has 0 radical (unpaired) electrons. The monoisotopic (exact) mass is 637 g/mol. The van der Waals surface area contributed by atoms with Crippen LogP contribution in [0.15, 0.2) is 95.0 Å². The summed E-state index contributed by atoms with van der Waals surface area (Å²) >= 11 is 8.92. The van der Waals surface area contributed by atoms with Crippen LogP contribution >= 0.6 is 34.7 Å². The van der Waals surface area contributed by atoms with E-state index in [-0.39, 0.29) is 22.2 Å². The minimum atomic E-state index is -0.957. The zero-order valence-corrected chi connectivity index (χ0v) is 26.0. The molecule has 1 aliphatic rings. The smallest absolute Gasteiger partial charge is 0.301 e. The lowest BCUT2D eigenvalue weighted by Gasteiger charge is -2.22. The highest BCUT2D eigenvalue weighted by atomic mass is 35.5. The molecule has 1 N–H and O–H groups in total. The number of Topliss-reactive ketones (excluding diaryl/α,β-unsaturated/α-hetero) is 1. The summed E-state index contributed by atoms with van der Waals surface area (Å²) in [5.74, 6) is -1.31. The quantitative estimate of drug-likeness (QED) is 0.0662. The zero-order valence-electron chi connectivity index (χ0n) is 23.6. The number of aliphatic hydroxyl groups is 1. The molecule has 6 aromatic rings. The normalized spacial score (nSPS) is 16.4. The predicted molar refractivity (Wildman–Crippen MR) is 174 cm³/mol. The van der Waals surface area contributed by atoms with E-state index < -0.39 is 17.7 Å². The molecule has 44 heavy (non-hydrogen) atoms. The summed E-state index contributed by atoms with van der Waals surface area (Å²) in [6.45, 7) is 3.73. The maximum Gasteiger partial charge on any atom is 0.301 e. The number of halogens is 1. The second-order valence-corrected chi connectivity index (χ2v) is 13.0. The Labute approximate surface area is 265 Å². The number of fused-ring (bicyclic) bond motifs is 2. The van der Waals surface area contributed by atoms with Crippen molar-refractivity contribution in [2.24, 2.45) is 0 Å². The number of ketones is 1. The van der Waals surface area contributed by atoms with Gasteiger partial charge in [0.05, 0.1) is 17.3 Å². The molecule has 218 valence electrons. The van der Waals surface area contributed by atoms with E-state index in [1.165, 1.54) is 28.0 Å². The van der Waals surface area contributed by atoms with E-state index in [1.807, 2.05) is 54.8 Å². The minimum absolute atomic E-state index is 0.0679. The summed E-state index contributed by atoms with van der Waals surface area (Å²) in [7, 11) is 0. The minimum Gasteiger partial charge on any atom is -0.505 e. The number of hydrogen-bond acceptors (Lipinski definition) is 8. The van der Waals surface area contributed by atoms with Crippen molar-refractivity contribution in [3.63, 3.8) is 0 Å². The van der Waals surface area contributed by atoms with Gasteiger partial charge in [-0.25, -0.2) is 4.98 Å². The van der Waals surface area contributed by atoms with Gasteiger partial charge in [-0.2, -0.15) is 0 Å². The molecule has 0 saturated carbocycles. The summed E-state index contributed by atoms with van der Waals surface area (Å²) in [5.41, 5.74) is 4.12. The average Bonchev–Trinajstić information content (AvgIpc) is 3.71. The summed E-state index contributed by atoms with van der Waals surface area (Å²) in [6, 6.07) is 24.1. The second-order valence-electron chi connectivity index (χ2n) is 10.4. The van der Waals surface area contributed by atoms with Crippen molar-refractivity contribution in [1.82, 2.24) is 19.6 Å². The lowest BCUT2D eigenvalue weighted by atomic mass is 9.96. The standard InChI is InChI=1S/C33H24ClN5O3S2/c1-18-7-6-16-38-19(2)26(35-30(18)38)28(40)25-27(21-12-14-23(34)15-13-21)39(31(42)29(25)41)32-36-37-33(44-32)43-17-22-10-5-9-20-8-3-4-11-24(20)22/h3-16,27,40H,17H2,1-2H3. The Morgan fingerprint density at radius 1 is 0.977 bits per heavy atom. The van der Waals surface area contributed by atoms with E-state index in [0.717, 1.165) is 21.9 Å². The largest absolute Gasteiger partial charge is 0.505 e. The van der Waals surface area contributed by atoms with Gasteiger partial charge in [-0.05, 0) is 59.5 Å². The zero-order chi connectivity index (χ0) is 30.5. The number of nitrogens with zero attached hydrogens (tertiary/aromatic N) is 5. The van der Waals surface area contributed by atoms with Crippen LogP contribution in [0.5, 0.6) is 0 Å². The van der Waals surface area contributed by atoms with Crippen molar-refractivity contribution in [3.05, 3.63) is 124 Å². The number of imidazole rings is 1. The van der Waals surface area contributed by atoms with E-state index in [4.69, 9.17) is 11.6 Å². The molecule has 4 heterocycles. The van der Waals surface area contributed by atoms with E-state index in [2.05, 4.69) is 39.4 Å². The van der Waals surface area contributed by atoms with E-state index in [1.54, 1.807) is 24.3 Å². The Morgan fingerprint density at radius 2 is 1.75 bits per heavy atom. The predicted octanol–water partition coefficient (Wildman–Crippen LogP) is 7.53. The van der Waals surface area contributed by atoms with E-state index >= 15 is 0 Å². The number of carbonyl (C=O) groups excluding carboxylic acids is 2. The van der Waals surface area contributed by atoms with Gasteiger partial charge in [-0.3, -0.25) is 14.5 Å². The van der Waals surface area contributed by atoms with Gasteiger partial charge in [0.1, 0.15) is 11.3 Å². The van der Waals surface area contributed by atoms with Gasteiger partial charge >= 0.3 is 5.91 Å². The molecule has 1 saturated heterocycles. The fourth-order valence-electron chi connectivity index (χ4n) is 5.58. The number of anilines is 1. The van der Waals surface area contributed by atoms with Crippen LogP contribution in [0.2, 0.25) is 5.02 Å². The molecule has 0 spiro atoms. The van der Waals surface area contributed by atoms with Crippen LogP contribution in [-0.4, -0.2) is 36.4 Å². The van der Waals surface area contributed by atoms with Crippen LogP contribution in [0.25, 0.3) is 22.2 Å². The van der Waals surface area contributed by atoms with Gasteiger partial charge in [0.15, 0.2) is 10.1 Å². The molecule has 1 amide bonds. The fourth-order valence-corrected chi connectivity index (χ4v) is 7.58. The number of pyridine rings is 1. The van der Waals surface area contributed by atoms with Crippen molar-refractivity contribution < 1.29 is 14.7 Å². The molecular weight excluding hydrogens is 614 g/mol. The maximum absolute atomic E-state index is 13.7. The first kappa shape index (κ1) is 28.3. The fraction of sp³-hybridized carbons (Fsp3) is 0.121. The molecule has 8 nitrogen and oxygen atoms in total. The number of amides is 1. The number of aryl methyl sites for hydroxylation is 2. The number of hydrogen-bond donors (Lipinski definition) is 1.